The number of aromatic nitrogens is 2. The van der Waals surface area contributed by atoms with Crippen LogP contribution in [0.15, 0.2) is 54.6 Å². The number of hydrogen-bond acceptors (Lipinski definition) is 3. The molecule has 34 heavy (non-hydrogen) atoms. The summed E-state index contributed by atoms with van der Waals surface area (Å²) in [5.74, 6) is 0.668. The predicted octanol–water partition coefficient (Wildman–Crippen LogP) is 5.34. The van der Waals surface area contributed by atoms with Crippen LogP contribution in [0.3, 0.4) is 0 Å². The summed E-state index contributed by atoms with van der Waals surface area (Å²) in [6.07, 6.45) is -3.28. The Balaban J connectivity index is 1.68. The Bertz CT molecular complexity index is 1150. The lowest BCUT2D eigenvalue weighted by Crippen LogP contribution is -2.46. The van der Waals surface area contributed by atoms with Crippen LogP contribution in [0.5, 0.6) is 0 Å². The number of amides is 1. The first-order valence-electron chi connectivity index (χ1n) is 11.1. The Labute approximate surface area is 201 Å². The van der Waals surface area contributed by atoms with E-state index in [1.807, 2.05) is 37.3 Å². The summed E-state index contributed by atoms with van der Waals surface area (Å²) >= 11 is 6.56. The Hall–Kier alpha value is -2.84. The number of fused-ring (bicyclic) bond motifs is 1. The number of nitrogens with zero attached hydrogens (tertiary/aromatic N) is 3. The van der Waals surface area contributed by atoms with Gasteiger partial charge in [0.2, 0.25) is 5.91 Å². The Morgan fingerprint density at radius 1 is 1.15 bits per heavy atom. The first kappa shape index (κ1) is 24.3. The summed E-state index contributed by atoms with van der Waals surface area (Å²) in [6, 6.07) is 14.0. The highest BCUT2D eigenvalue weighted by atomic mass is 35.5. The van der Waals surface area contributed by atoms with Gasteiger partial charge in [0.05, 0.1) is 17.3 Å². The fraction of sp³-hybridized carbons (Fsp3) is 0.360. The van der Waals surface area contributed by atoms with Gasteiger partial charge in [-0.1, -0.05) is 54.1 Å². The van der Waals surface area contributed by atoms with Crippen molar-refractivity contribution in [1.82, 2.24) is 19.8 Å². The van der Waals surface area contributed by atoms with E-state index in [4.69, 9.17) is 11.6 Å². The number of benzene rings is 2. The summed E-state index contributed by atoms with van der Waals surface area (Å²) < 4.78 is 40.9. The molecule has 4 rings (SSSR count). The molecule has 2 atom stereocenters. The molecule has 0 unspecified atom stereocenters. The normalized spacial score (nSPS) is 17.3. The Morgan fingerprint density at radius 2 is 1.82 bits per heavy atom. The molecular formula is C25H26ClF3N4O. The maximum atomic E-state index is 13.1. The largest absolute Gasteiger partial charge is 0.416 e. The molecule has 0 aliphatic carbocycles. The van der Waals surface area contributed by atoms with Crippen LogP contribution in [0, 0.1) is 6.92 Å². The predicted molar refractivity (Wildman–Crippen MR) is 124 cm³/mol. The van der Waals surface area contributed by atoms with Gasteiger partial charge in [0, 0.05) is 20.1 Å². The second kappa shape index (κ2) is 9.80. The molecule has 1 amide bonds. The molecule has 180 valence electrons. The number of nitrogens with one attached hydrogen (secondary N) is 1. The molecular weight excluding hydrogens is 465 g/mol. The average molecular weight is 491 g/mol. The minimum Gasteiger partial charge on any atom is -0.358 e. The molecule has 0 saturated carbocycles. The van der Waals surface area contributed by atoms with Crippen molar-refractivity contribution < 1.29 is 18.0 Å². The number of likely N-dealkylation sites (N-methyl/N-ethyl adjacent to an activating group) is 1. The van der Waals surface area contributed by atoms with Crippen molar-refractivity contribution in [3.63, 3.8) is 0 Å². The van der Waals surface area contributed by atoms with Crippen molar-refractivity contribution in [2.45, 2.75) is 44.6 Å². The van der Waals surface area contributed by atoms with Crippen LogP contribution in [0.2, 0.25) is 5.15 Å². The van der Waals surface area contributed by atoms with Gasteiger partial charge < -0.3 is 9.88 Å². The van der Waals surface area contributed by atoms with Crippen LogP contribution in [0.25, 0.3) is 0 Å². The highest BCUT2D eigenvalue weighted by Crippen LogP contribution is 2.40. The monoisotopic (exact) mass is 490 g/mol. The number of carbonyl (C=O) groups is 1. The fourth-order valence-electron chi connectivity index (χ4n) is 4.71. The van der Waals surface area contributed by atoms with Gasteiger partial charge in [-0.05, 0) is 43.0 Å². The summed E-state index contributed by atoms with van der Waals surface area (Å²) in [5.41, 5.74) is 1.81. The zero-order valence-corrected chi connectivity index (χ0v) is 19.7. The second-order valence-electron chi connectivity index (χ2n) is 8.40. The van der Waals surface area contributed by atoms with Gasteiger partial charge in [0.15, 0.2) is 5.15 Å². The summed E-state index contributed by atoms with van der Waals surface area (Å²) in [5, 5.41) is 3.17. The zero-order chi connectivity index (χ0) is 24.5. The van der Waals surface area contributed by atoms with Gasteiger partial charge in [0.25, 0.3) is 0 Å². The lowest BCUT2D eigenvalue weighted by Gasteiger charge is -2.41. The molecule has 3 aromatic rings. The van der Waals surface area contributed by atoms with E-state index in [1.54, 1.807) is 7.05 Å². The molecule has 1 aromatic heterocycles. The first-order chi connectivity index (χ1) is 16.2. The van der Waals surface area contributed by atoms with E-state index in [-0.39, 0.29) is 11.9 Å². The number of rotatable bonds is 6. The Morgan fingerprint density at radius 3 is 2.44 bits per heavy atom. The molecule has 5 nitrogen and oxygen atoms in total. The van der Waals surface area contributed by atoms with Crippen molar-refractivity contribution in [3.8, 4) is 0 Å². The molecule has 2 heterocycles. The van der Waals surface area contributed by atoms with Crippen molar-refractivity contribution in [1.29, 1.82) is 0 Å². The maximum Gasteiger partial charge on any atom is 0.416 e. The van der Waals surface area contributed by atoms with E-state index in [2.05, 4.69) is 19.8 Å². The number of imidazole rings is 1. The summed E-state index contributed by atoms with van der Waals surface area (Å²) in [6.45, 7) is 3.13. The van der Waals surface area contributed by atoms with Gasteiger partial charge in [-0.3, -0.25) is 9.69 Å². The van der Waals surface area contributed by atoms with Gasteiger partial charge in [-0.2, -0.15) is 13.2 Å². The fourth-order valence-corrected chi connectivity index (χ4v) is 5.06. The standard InChI is InChI=1S/C25H26ClF3N4O/c1-16-31-23(26)22-20(13-10-17-8-11-19(12-9-17)25(27,28)29)33(15-14-32(16)22)21(24(34)30-2)18-6-4-3-5-7-18/h3-9,11-12,20-21H,10,13-15H2,1-2H3,(H,30,34)/t20-,21+/m0/s1. The third-order valence-electron chi connectivity index (χ3n) is 6.38. The molecule has 0 fully saturated rings. The lowest BCUT2D eigenvalue weighted by atomic mass is 9.95. The van der Waals surface area contributed by atoms with Crippen LogP contribution in [-0.2, 0) is 23.9 Å². The highest BCUT2D eigenvalue weighted by Gasteiger charge is 2.39. The number of halogens is 4. The summed E-state index contributed by atoms with van der Waals surface area (Å²) in [7, 11) is 1.61. The van der Waals surface area contributed by atoms with Crippen molar-refractivity contribution >= 4 is 17.5 Å². The number of carbonyl (C=O) groups excluding carboxylic acids is 1. The van der Waals surface area contributed by atoms with Gasteiger partial charge >= 0.3 is 6.18 Å². The molecule has 0 bridgehead atoms. The van der Waals surface area contributed by atoms with Gasteiger partial charge in [0.1, 0.15) is 11.9 Å². The van der Waals surface area contributed by atoms with E-state index in [1.165, 1.54) is 12.1 Å². The van der Waals surface area contributed by atoms with Crippen LogP contribution >= 0.6 is 11.6 Å². The third kappa shape index (κ3) is 4.83. The van der Waals surface area contributed by atoms with Gasteiger partial charge in [-0.25, -0.2) is 4.98 Å². The number of alkyl halides is 3. The minimum atomic E-state index is -4.37. The van der Waals surface area contributed by atoms with E-state index in [0.717, 1.165) is 34.8 Å². The SMILES string of the molecule is CNC(=O)[C@@H](c1ccccc1)N1CCn2c(C)nc(Cl)c2[C@@H]1CCc1ccc(C(F)(F)F)cc1. The lowest BCUT2D eigenvalue weighted by molar-refractivity contribution is -0.137. The van der Waals surface area contributed by atoms with E-state index < -0.39 is 17.8 Å². The second-order valence-corrected chi connectivity index (χ2v) is 8.76. The van der Waals surface area contributed by atoms with Crippen molar-refractivity contribution in [3.05, 3.63) is 88.0 Å². The van der Waals surface area contributed by atoms with Crippen molar-refractivity contribution in [2.24, 2.45) is 0 Å². The minimum absolute atomic E-state index is 0.133. The van der Waals surface area contributed by atoms with E-state index in [9.17, 15) is 18.0 Å². The topological polar surface area (TPSA) is 50.2 Å². The molecule has 1 aliphatic heterocycles. The van der Waals surface area contributed by atoms with Crippen LogP contribution in [-0.4, -0.2) is 34.0 Å². The number of aryl methyl sites for hydroxylation is 2. The third-order valence-corrected chi connectivity index (χ3v) is 6.66. The van der Waals surface area contributed by atoms with Gasteiger partial charge in [-0.15, -0.1) is 0 Å². The molecule has 2 aromatic carbocycles. The average Bonchev–Trinajstić information content (AvgIpc) is 3.12. The van der Waals surface area contributed by atoms with Crippen LogP contribution in [0.1, 0.15) is 46.7 Å². The molecule has 1 N–H and O–H groups in total. The smallest absolute Gasteiger partial charge is 0.358 e. The quantitative estimate of drug-likeness (QED) is 0.507. The first-order valence-corrected chi connectivity index (χ1v) is 11.5. The number of hydrogen-bond donors (Lipinski definition) is 1. The van der Waals surface area contributed by atoms with E-state index in [0.29, 0.717) is 31.1 Å². The van der Waals surface area contributed by atoms with Crippen LogP contribution < -0.4 is 5.32 Å². The molecule has 1 aliphatic rings. The Kier molecular flexibility index (Phi) is 7.00. The molecule has 9 heteroatoms. The maximum absolute atomic E-state index is 13.1. The zero-order valence-electron chi connectivity index (χ0n) is 18.9. The molecule has 0 saturated heterocycles. The van der Waals surface area contributed by atoms with Crippen LogP contribution in [0.4, 0.5) is 13.2 Å². The summed E-state index contributed by atoms with van der Waals surface area (Å²) in [4.78, 5) is 19.6. The van der Waals surface area contributed by atoms with Crippen molar-refractivity contribution in [2.75, 3.05) is 13.6 Å². The molecule has 0 spiro atoms. The highest BCUT2D eigenvalue weighted by molar-refractivity contribution is 6.30. The van der Waals surface area contributed by atoms with E-state index >= 15 is 0 Å². The molecule has 0 radical (unpaired) electrons.